The van der Waals surface area contributed by atoms with Crippen molar-refractivity contribution >= 4 is 11.8 Å². The first-order valence-corrected chi connectivity index (χ1v) is 7.81. The average molecular weight is 372 g/mol. The molecule has 0 aliphatic rings. The minimum Gasteiger partial charge on any atom is -0.465 e. The van der Waals surface area contributed by atoms with Crippen molar-refractivity contribution in [2.45, 2.75) is 31.9 Å². The third-order valence-electron chi connectivity index (χ3n) is 3.59. The lowest BCUT2D eigenvalue weighted by Gasteiger charge is -2.07. The number of nitrogens with zero attached hydrogens (tertiary/aromatic N) is 1. The van der Waals surface area contributed by atoms with Crippen LogP contribution in [0.2, 0.25) is 0 Å². The molecule has 0 bridgehead atoms. The van der Waals surface area contributed by atoms with Gasteiger partial charge in [0.15, 0.2) is 5.78 Å². The first kappa shape index (κ1) is 19.6. The van der Waals surface area contributed by atoms with Crippen molar-refractivity contribution in [1.82, 2.24) is 10.2 Å². The van der Waals surface area contributed by atoms with Crippen LogP contribution in [0, 0.1) is 5.82 Å². The number of carbonyl (C=O) groups is 2. The molecular formula is C17H16F4N2O3. The van der Waals surface area contributed by atoms with Crippen LogP contribution in [0.5, 0.6) is 0 Å². The van der Waals surface area contributed by atoms with E-state index >= 15 is 0 Å². The molecule has 0 fully saturated rings. The van der Waals surface area contributed by atoms with Gasteiger partial charge in [-0.15, -0.1) is 0 Å². The van der Waals surface area contributed by atoms with Crippen LogP contribution in [0.4, 0.5) is 17.6 Å². The number of aromatic amines is 1. The Morgan fingerprint density at radius 1 is 1.12 bits per heavy atom. The first-order valence-electron chi connectivity index (χ1n) is 7.81. The summed E-state index contributed by atoms with van der Waals surface area (Å²) in [6, 6.07) is 5.07. The summed E-state index contributed by atoms with van der Waals surface area (Å²) in [7, 11) is 0. The highest BCUT2D eigenvalue weighted by molar-refractivity contribution is 5.96. The zero-order valence-electron chi connectivity index (χ0n) is 13.6. The number of aromatic nitrogens is 2. The Bertz CT molecular complexity index is 754. The van der Waals surface area contributed by atoms with Gasteiger partial charge in [-0.3, -0.25) is 14.7 Å². The lowest BCUT2D eigenvalue weighted by atomic mass is 10.1. The molecule has 0 amide bonds. The number of nitrogens with one attached hydrogen (secondary N) is 1. The molecule has 0 aliphatic heterocycles. The van der Waals surface area contributed by atoms with E-state index in [1.54, 1.807) is 0 Å². The zero-order valence-corrected chi connectivity index (χ0v) is 13.6. The number of carbonyl (C=O) groups excluding carboxylic acids is 2. The molecule has 1 aromatic heterocycles. The van der Waals surface area contributed by atoms with Crippen molar-refractivity contribution in [3.05, 3.63) is 53.1 Å². The molecule has 0 saturated carbocycles. The van der Waals surface area contributed by atoms with E-state index in [1.807, 2.05) is 5.10 Å². The summed E-state index contributed by atoms with van der Waals surface area (Å²) in [4.78, 5) is 23.4. The summed E-state index contributed by atoms with van der Waals surface area (Å²) in [5, 5.41) is 5.22. The van der Waals surface area contributed by atoms with E-state index in [9.17, 15) is 27.2 Å². The van der Waals surface area contributed by atoms with Gasteiger partial charge in [-0.25, -0.2) is 4.39 Å². The normalized spacial score (nSPS) is 11.4. The molecule has 2 rings (SSSR count). The Labute approximate surface area is 146 Å². The molecule has 0 spiro atoms. The highest BCUT2D eigenvalue weighted by Gasteiger charge is 2.35. The highest BCUT2D eigenvalue weighted by Crippen LogP contribution is 2.30. The SMILES string of the molecule is O=C(CCCC(=O)c1ccc(F)cc1)OCCc1cn[nH]c1C(F)(F)F. The number of hydrogen-bond acceptors (Lipinski definition) is 4. The summed E-state index contributed by atoms with van der Waals surface area (Å²) >= 11 is 0. The number of ketones is 1. The highest BCUT2D eigenvalue weighted by atomic mass is 19.4. The van der Waals surface area contributed by atoms with Gasteiger partial charge in [0.25, 0.3) is 0 Å². The largest absolute Gasteiger partial charge is 0.465 e. The molecule has 0 atom stereocenters. The summed E-state index contributed by atoms with van der Waals surface area (Å²) < 4.78 is 55.6. The summed E-state index contributed by atoms with van der Waals surface area (Å²) in [5.41, 5.74) is -0.699. The van der Waals surface area contributed by atoms with Gasteiger partial charge in [0.2, 0.25) is 0 Å². The van der Waals surface area contributed by atoms with Gasteiger partial charge in [-0.2, -0.15) is 18.3 Å². The van der Waals surface area contributed by atoms with Crippen molar-refractivity contribution in [2.24, 2.45) is 0 Å². The molecular weight excluding hydrogens is 356 g/mol. The predicted molar refractivity (Wildman–Crippen MR) is 82.8 cm³/mol. The number of hydrogen-bond donors (Lipinski definition) is 1. The summed E-state index contributed by atoms with van der Waals surface area (Å²) in [6.45, 7) is -0.215. The van der Waals surface area contributed by atoms with Crippen LogP contribution in [0.3, 0.4) is 0 Å². The maximum absolute atomic E-state index is 12.8. The van der Waals surface area contributed by atoms with Gasteiger partial charge in [-0.05, 0) is 30.7 Å². The lowest BCUT2D eigenvalue weighted by molar-refractivity contribution is -0.143. The number of Topliss-reactive ketones (excluding diaryl/α,β-unsaturated/α-hetero) is 1. The van der Waals surface area contributed by atoms with Crippen molar-refractivity contribution < 1.29 is 31.9 Å². The fraction of sp³-hybridized carbons (Fsp3) is 0.353. The third kappa shape index (κ3) is 5.68. The van der Waals surface area contributed by atoms with E-state index < -0.39 is 23.7 Å². The smallest absolute Gasteiger partial charge is 0.433 e. The number of rotatable bonds is 8. The van der Waals surface area contributed by atoms with Gasteiger partial charge >= 0.3 is 12.1 Å². The number of benzene rings is 1. The Morgan fingerprint density at radius 2 is 1.81 bits per heavy atom. The second-order valence-electron chi connectivity index (χ2n) is 5.52. The molecule has 1 heterocycles. The third-order valence-corrected chi connectivity index (χ3v) is 3.59. The molecule has 5 nitrogen and oxygen atoms in total. The number of halogens is 4. The maximum Gasteiger partial charge on any atom is 0.433 e. The molecule has 0 radical (unpaired) electrons. The minimum atomic E-state index is -4.55. The van der Waals surface area contributed by atoms with E-state index in [0.29, 0.717) is 5.56 Å². The molecule has 26 heavy (non-hydrogen) atoms. The maximum atomic E-state index is 12.8. The number of esters is 1. The Kier molecular flexibility index (Phi) is 6.48. The van der Waals surface area contributed by atoms with Crippen molar-refractivity contribution in [3.8, 4) is 0 Å². The molecule has 1 N–H and O–H groups in total. The van der Waals surface area contributed by atoms with E-state index in [-0.39, 0.29) is 43.6 Å². The first-order chi connectivity index (χ1) is 12.3. The Morgan fingerprint density at radius 3 is 2.46 bits per heavy atom. The van der Waals surface area contributed by atoms with Gasteiger partial charge in [0.05, 0.1) is 12.8 Å². The van der Waals surface area contributed by atoms with E-state index in [4.69, 9.17) is 4.74 Å². The molecule has 1 aromatic carbocycles. The molecule has 2 aromatic rings. The average Bonchev–Trinajstić information content (AvgIpc) is 3.04. The second-order valence-corrected chi connectivity index (χ2v) is 5.52. The van der Waals surface area contributed by atoms with E-state index in [0.717, 1.165) is 6.20 Å². The summed E-state index contributed by atoms with van der Waals surface area (Å²) in [6.07, 6.45) is -3.35. The standard InChI is InChI=1S/C17H16F4N2O3/c18-13-6-4-11(5-7-13)14(24)2-1-3-15(25)26-9-8-12-10-22-23-16(12)17(19,20)21/h4-7,10H,1-3,8-9H2,(H,22,23). The number of alkyl halides is 3. The quantitative estimate of drug-likeness (QED) is 0.436. The van der Waals surface area contributed by atoms with E-state index in [2.05, 4.69) is 5.10 Å². The van der Waals surface area contributed by atoms with Gasteiger partial charge < -0.3 is 4.74 Å². The number of H-pyrrole nitrogens is 1. The topological polar surface area (TPSA) is 72.1 Å². The van der Waals surface area contributed by atoms with Crippen molar-refractivity contribution in [2.75, 3.05) is 6.61 Å². The fourth-order valence-electron chi connectivity index (χ4n) is 2.27. The van der Waals surface area contributed by atoms with Crippen LogP contribution >= 0.6 is 0 Å². The molecule has 0 unspecified atom stereocenters. The van der Waals surface area contributed by atoms with E-state index in [1.165, 1.54) is 24.3 Å². The lowest BCUT2D eigenvalue weighted by Crippen LogP contribution is -2.12. The van der Waals surface area contributed by atoms with Crippen LogP contribution in [0.25, 0.3) is 0 Å². The monoisotopic (exact) mass is 372 g/mol. The van der Waals surface area contributed by atoms with Crippen molar-refractivity contribution in [1.29, 1.82) is 0 Å². The van der Waals surface area contributed by atoms with Gasteiger partial charge in [0.1, 0.15) is 11.5 Å². The van der Waals surface area contributed by atoms with Gasteiger partial charge in [-0.1, -0.05) is 0 Å². The predicted octanol–water partition coefficient (Wildman–Crippen LogP) is 3.71. The van der Waals surface area contributed by atoms with Crippen LogP contribution in [-0.4, -0.2) is 28.6 Å². The molecule has 140 valence electrons. The van der Waals surface area contributed by atoms with Gasteiger partial charge in [0, 0.05) is 30.4 Å². The summed E-state index contributed by atoms with van der Waals surface area (Å²) in [5.74, 6) is -1.28. The van der Waals surface area contributed by atoms with Crippen LogP contribution < -0.4 is 0 Å². The molecule has 0 aliphatic carbocycles. The van der Waals surface area contributed by atoms with Crippen LogP contribution in [-0.2, 0) is 22.1 Å². The second kappa shape index (κ2) is 8.59. The minimum absolute atomic E-state index is 0.0373. The Hall–Kier alpha value is -2.71. The van der Waals surface area contributed by atoms with Crippen LogP contribution in [0.15, 0.2) is 30.5 Å². The fourth-order valence-corrected chi connectivity index (χ4v) is 2.27. The number of ether oxygens (including phenoxy) is 1. The molecule has 9 heteroatoms. The molecule has 0 saturated heterocycles. The Balaban J connectivity index is 1.69. The van der Waals surface area contributed by atoms with Crippen molar-refractivity contribution in [3.63, 3.8) is 0 Å². The van der Waals surface area contributed by atoms with Crippen LogP contribution in [0.1, 0.15) is 40.9 Å². The zero-order chi connectivity index (χ0) is 19.2.